The van der Waals surface area contributed by atoms with E-state index in [4.69, 9.17) is 0 Å². The molecule has 1 heteroatoms. The van der Waals surface area contributed by atoms with E-state index in [-0.39, 0.29) is 0 Å². The summed E-state index contributed by atoms with van der Waals surface area (Å²) < 4.78 is 2.85. The van der Waals surface area contributed by atoms with E-state index in [1.807, 2.05) is 11.3 Å². The first-order valence-electron chi connectivity index (χ1n) is 15.8. The molecule has 0 bridgehead atoms. The van der Waals surface area contributed by atoms with Crippen LogP contribution in [0.2, 0.25) is 0 Å². The van der Waals surface area contributed by atoms with E-state index < -0.39 is 0 Å². The molecule has 0 spiro atoms. The largest absolute Gasteiger partial charge is 0.135 e. The Labute approximate surface area is 265 Å². The molecule has 0 radical (unpaired) electrons. The zero-order chi connectivity index (χ0) is 29.5. The van der Waals surface area contributed by atoms with Gasteiger partial charge in [-0.05, 0) is 108 Å². The van der Waals surface area contributed by atoms with Crippen LogP contribution in [0.25, 0.3) is 92.6 Å². The van der Waals surface area contributed by atoms with E-state index in [0.29, 0.717) is 0 Å². The van der Waals surface area contributed by atoms with Gasteiger partial charge in [0.2, 0.25) is 0 Å². The molecule has 0 atom stereocenters. The Morgan fingerprint density at radius 3 is 1.82 bits per heavy atom. The standard InChI is InChI=1S/C44H28S/c1-2-10-30-25-31(24-21-27(30)9-1)28-19-22-29(23-20-28)41-33-12-3-5-14-35(33)43(36-15-6-4-13-34(36)41)38-26-32-11-7-17-39-42(32)44-37(38)16-8-18-40(44)45-39/h1-7,9-15,17-26H,8,16H2. The van der Waals surface area contributed by atoms with Crippen molar-refractivity contribution in [3.05, 3.63) is 150 Å². The molecule has 9 aromatic rings. The fourth-order valence-corrected chi connectivity index (χ4v) is 9.13. The summed E-state index contributed by atoms with van der Waals surface area (Å²) in [5.41, 5.74) is 9.33. The monoisotopic (exact) mass is 588 g/mol. The highest BCUT2D eigenvalue weighted by Gasteiger charge is 2.23. The van der Waals surface area contributed by atoms with Crippen LogP contribution in [0, 0.1) is 0 Å². The van der Waals surface area contributed by atoms with Crippen molar-refractivity contribution in [2.45, 2.75) is 12.8 Å². The summed E-state index contributed by atoms with van der Waals surface area (Å²) in [4.78, 5) is 0. The van der Waals surface area contributed by atoms with Crippen LogP contribution in [0.1, 0.15) is 12.0 Å². The molecule has 45 heavy (non-hydrogen) atoms. The summed E-state index contributed by atoms with van der Waals surface area (Å²) in [6.45, 7) is 0. The quantitative estimate of drug-likeness (QED) is 0.180. The molecular weight excluding hydrogens is 561 g/mol. The van der Waals surface area contributed by atoms with Crippen molar-refractivity contribution in [3.63, 3.8) is 0 Å². The van der Waals surface area contributed by atoms with Gasteiger partial charge in [-0.15, -0.1) is 11.3 Å². The van der Waals surface area contributed by atoms with Gasteiger partial charge in [-0.1, -0.05) is 127 Å². The first-order chi connectivity index (χ1) is 22.3. The normalized spacial score (nSPS) is 12.9. The zero-order valence-electron chi connectivity index (χ0n) is 24.7. The van der Waals surface area contributed by atoms with Gasteiger partial charge in [0.25, 0.3) is 0 Å². The SMILES string of the molecule is C1=c2sc3cccc4cc(-c5c6ccccc6c(-c6ccc(-c7ccc8ccccc8c7)cc6)c6ccccc56)c(c2c43)CC1. The number of rotatable bonds is 3. The lowest BCUT2D eigenvalue weighted by Gasteiger charge is -2.21. The second-order valence-corrected chi connectivity index (χ2v) is 13.4. The number of hydrogen-bond donors (Lipinski definition) is 0. The van der Waals surface area contributed by atoms with Gasteiger partial charge in [0, 0.05) is 20.0 Å². The summed E-state index contributed by atoms with van der Waals surface area (Å²) in [5.74, 6) is 0. The molecule has 0 saturated heterocycles. The molecule has 0 saturated carbocycles. The molecule has 10 rings (SSSR count). The van der Waals surface area contributed by atoms with Crippen molar-refractivity contribution in [1.82, 2.24) is 0 Å². The Kier molecular flexibility index (Phi) is 5.38. The Morgan fingerprint density at radius 1 is 0.444 bits per heavy atom. The van der Waals surface area contributed by atoms with Crippen molar-refractivity contribution >= 4 is 70.6 Å². The third-order valence-electron chi connectivity index (χ3n) is 9.88. The van der Waals surface area contributed by atoms with Crippen LogP contribution < -0.4 is 4.53 Å². The van der Waals surface area contributed by atoms with E-state index in [9.17, 15) is 0 Å². The molecule has 1 aromatic heterocycles. The Hall–Kier alpha value is -5.24. The van der Waals surface area contributed by atoms with Crippen LogP contribution in [0.5, 0.6) is 0 Å². The number of thiophene rings is 1. The lowest BCUT2D eigenvalue weighted by atomic mass is 9.82. The Balaban J connectivity index is 1.23. The predicted octanol–water partition coefficient (Wildman–Crippen LogP) is 12.0. The van der Waals surface area contributed by atoms with Gasteiger partial charge in [0.15, 0.2) is 0 Å². The van der Waals surface area contributed by atoms with E-state index in [2.05, 4.69) is 146 Å². The molecule has 1 aliphatic rings. The van der Waals surface area contributed by atoms with Crippen LogP contribution in [-0.2, 0) is 6.42 Å². The molecule has 1 aliphatic carbocycles. The zero-order valence-corrected chi connectivity index (χ0v) is 25.5. The van der Waals surface area contributed by atoms with E-state index in [1.54, 1.807) is 0 Å². The summed E-state index contributed by atoms with van der Waals surface area (Å²) in [6, 6.07) is 52.0. The Bertz CT molecular complexity index is 2630. The van der Waals surface area contributed by atoms with Crippen LogP contribution in [0.15, 0.2) is 140 Å². The molecule has 210 valence electrons. The minimum atomic E-state index is 1.08. The van der Waals surface area contributed by atoms with Crippen molar-refractivity contribution in [1.29, 1.82) is 0 Å². The highest BCUT2D eigenvalue weighted by atomic mass is 32.1. The van der Waals surface area contributed by atoms with E-state index in [1.165, 1.54) is 96.7 Å². The number of hydrogen-bond acceptors (Lipinski definition) is 1. The molecule has 1 heterocycles. The third kappa shape index (κ3) is 3.71. The molecular formula is C44H28S. The maximum atomic E-state index is 2.48. The number of fused-ring (bicyclic) bond motifs is 3. The average molecular weight is 589 g/mol. The molecule has 0 N–H and O–H groups in total. The van der Waals surface area contributed by atoms with E-state index >= 15 is 0 Å². The molecule has 0 amide bonds. The van der Waals surface area contributed by atoms with Crippen molar-refractivity contribution < 1.29 is 0 Å². The summed E-state index contributed by atoms with van der Waals surface area (Å²) in [7, 11) is 0. The summed E-state index contributed by atoms with van der Waals surface area (Å²) in [5, 5.41) is 12.1. The number of benzene rings is 8. The molecule has 8 aromatic carbocycles. The van der Waals surface area contributed by atoms with Crippen molar-refractivity contribution in [2.24, 2.45) is 0 Å². The van der Waals surface area contributed by atoms with Crippen LogP contribution in [-0.4, -0.2) is 0 Å². The maximum absolute atomic E-state index is 2.48. The fraction of sp³-hybridized carbons (Fsp3) is 0.0455. The van der Waals surface area contributed by atoms with Crippen LogP contribution in [0.3, 0.4) is 0 Å². The smallest absolute Gasteiger partial charge is 0.0361 e. The topological polar surface area (TPSA) is 0 Å². The minimum Gasteiger partial charge on any atom is -0.135 e. The maximum Gasteiger partial charge on any atom is 0.0361 e. The summed E-state index contributed by atoms with van der Waals surface area (Å²) in [6.07, 6.45) is 4.64. The van der Waals surface area contributed by atoms with Gasteiger partial charge in [-0.2, -0.15) is 0 Å². The van der Waals surface area contributed by atoms with Gasteiger partial charge in [-0.25, -0.2) is 0 Å². The number of aryl methyl sites for hydroxylation is 1. The van der Waals surface area contributed by atoms with Crippen molar-refractivity contribution in [2.75, 3.05) is 0 Å². The summed E-state index contributed by atoms with van der Waals surface area (Å²) >= 11 is 1.95. The van der Waals surface area contributed by atoms with Gasteiger partial charge in [0.1, 0.15) is 0 Å². The highest BCUT2D eigenvalue weighted by Crippen LogP contribution is 2.47. The molecule has 0 fully saturated rings. The van der Waals surface area contributed by atoms with Gasteiger partial charge >= 0.3 is 0 Å². The first kappa shape index (κ1) is 25.1. The Morgan fingerprint density at radius 2 is 1.07 bits per heavy atom. The second kappa shape index (κ2) is 9.63. The fourth-order valence-electron chi connectivity index (χ4n) is 7.89. The molecule has 0 unspecified atom stereocenters. The van der Waals surface area contributed by atoms with Gasteiger partial charge < -0.3 is 0 Å². The lowest BCUT2D eigenvalue weighted by Crippen LogP contribution is -2.06. The van der Waals surface area contributed by atoms with Crippen molar-refractivity contribution in [3.8, 4) is 33.4 Å². The van der Waals surface area contributed by atoms with Crippen LogP contribution >= 0.6 is 11.3 Å². The van der Waals surface area contributed by atoms with Crippen LogP contribution in [0.4, 0.5) is 0 Å². The lowest BCUT2D eigenvalue weighted by molar-refractivity contribution is 1.04. The minimum absolute atomic E-state index is 1.08. The first-order valence-corrected chi connectivity index (χ1v) is 16.6. The van der Waals surface area contributed by atoms with E-state index in [0.717, 1.165) is 12.8 Å². The second-order valence-electron chi connectivity index (χ2n) is 12.3. The molecule has 0 aliphatic heterocycles. The van der Waals surface area contributed by atoms with Gasteiger partial charge in [-0.3, -0.25) is 0 Å². The third-order valence-corrected chi connectivity index (χ3v) is 11.0. The van der Waals surface area contributed by atoms with Gasteiger partial charge in [0.05, 0.1) is 0 Å². The predicted molar refractivity (Wildman–Crippen MR) is 196 cm³/mol. The highest BCUT2D eigenvalue weighted by molar-refractivity contribution is 7.18. The average Bonchev–Trinajstić information content (AvgIpc) is 3.50. The molecule has 0 nitrogen and oxygen atoms in total.